The van der Waals surface area contributed by atoms with E-state index in [1.54, 1.807) is 5.06 Å². The van der Waals surface area contributed by atoms with Gasteiger partial charge >= 0.3 is 6.47 Å². The first-order chi connectivity index (χ1) is 4.43. The number of hydrogen-bond donors (Lipinski definition) is 0. The minimum Gasteiger partial charge on any atom is -0.359 e. The highest BCUT2D eigenvalue weighted by atomic mass is 16.7. The second-order valence-corrected chi connectivity index (χ2v) is 2.16. The summed E-state index contributed by atoms with van der Waals surface area (Å²) in [5.74, 6) is 0. The highest BCUT2D eigenvalue weighted by Gasteiger charge is 2.09. The third-order valence-electron chi connectivity index (χ3n) is 1.48. The molecule has 9 heavy (non-hydrogen) atoms. The van der Waals surface area contributed by atoms with Gasteiger partial charge in [0.2, 0.25) is 0 Å². The van der Waals surface area contributed by atoms with Crippen LogP contribution in [0.15, 0.2) is 0 Å². The van der Waals surface area contributed by atoms with E-state index in [4.69, 9.17) is 0 Å². The van der Waals surface area contributed by atoms with Crippen molar-refractivity contribution in [1.29, 1.82) is 0 Å². The maximum Gasteiger partial charge on any atom is 0.438 e. The van der Waals surface area contributed by atoms with Gasteiger partial charge in [-0.15, -0.1) is 5.06 Å². The van der Waals surface area contributed by atoms with E-state index in [0.717, 1.165) is 25.9 Å². The Labute approximate surface area is 54.5 Å². The van der Waals surface area contributed by atoms with Crippen molar-refractivity contribution in [3.8, 4) is 0 Å². The average Bonchev–Trinajstić information content (AvgIpc) is 1.91. The smallest absolute Gasteiger partial charge is 0.359 e. The molecule has 1 heterocycles. The topological polar surface area (TPSA) is 29.5 Å². The van der Waals surface area contributed by atoms with Crippen molar-refractivity contribution in [1.82, 2.24) is 5.06 Å². The van der Waals surface area contributed by atoms with Gasteiger partial charge in [-0.05, 0) is 12.8 Å². The number of hydroxylamine groups is 2. The van der Waals surface area contributed by atoms with Crippen LogP contribution < -0.4 is 0 Å². The van der Waals surface area contributed by atoms with Crippen LogP contribution in [0, 0.1) is 0 Å². The van der Waals surface area contributed by atoms with Crippen molar-refractivity contribution < 1.29 is 9.63 Å². The lowest BCUT2D eigenvalue weighted by molar-refractivity contribution is -0.0872. The van der Waals surface area contributed by atoms with E-state index in [1.807, 2.05) is 0 Å². The molecule has 3 heteroatoms. The summed E-state index contributed by atoms with van der Waals surface area (Å²) in [4.78, 5) is 14.2. The van der Waals surface area contributed by atoms with E-state index < -0.39 is 0 Å². The largest absolute Gasteiger partial charge is 0.438 e. The molecule has 0 aromatic carbocycles. The predicted molar refractivity (Wildman–Crippen MR) is 32.2 cm³/mol. The molecule has 0 spiro atoms. The van der Waals surface area contributed by atoms with Gasteiger partial charge in [-0.3, -0.25) is 0 Å². The van der Waals surface area contributed by atoms with Gasteiger partial charge in [0.25, 0.3) is 0 Å². The second kappa shape index (κ2) is 3.45. The Balaban J connectivity index is 2.15. The van der Waals surface area contributed by atoms with E-state index in [9.17, 15) is 4.79 Å². The minimum absolute atomic E-state index is 0.870. The van der Waals surface area contributed by atoms with E-state index in [1.165, 1.54) is 12.9 Å². The standard InChI is InChI=1S/C6H10NO2/c8-6-9-7-4-2-1-3-5-7/h1-5H2. The lowest BCUT2D eigenvalue weighted by atomic mass is 10.2. The van der Waals surface area contributed by atoms with Gasteiger partial charge in [0.1, 0.15) is 0 Å². The summed E-state index contributed by atoms with van der Waals surface area (Å²) in [6.45, 7) is 3.15. The Kier molecular flexibility index (Phi) is 2.51. The molecule has 3 nitrogen and oxygen atoms in total. The Hall–Kier alpha value is -0.570. The SMILES string of the molecule is O=[C]ON1CCCCC1. The Bertz CT molecular complexity index is 89.1. The first-order valence-electron chi connectivity index (χ1n) is 3.22. The third-order valence-corrected chi connectivity index (χ3v) is 1.48. The predicted octanol–water partition coefficient (Wildman–Crippen LogP) is 0.471. The molecule has 1 aliphatic heterocycles. The van der Waals surface area contributed by atoms with Gasteiger partial charge in [0.05, 0.1) is 0 Å². The molecule has 0 aliphatic carbocycles. The number of carbonyl (C=O) groups excluding carboxylic acids is 1. The van der Waals surface area contributed by atoms with E-state index in [0.29, 0.717) is 0 Å². The van der Waals surface area contributed by atoms with Gasteiger partial charge in [-0.1, -0.05) is 6.42 Å². The maximum atomic E-state index is 9.68. The fraction of sp³-hybridized carbons (Fsp3) is 0.833. The first kappa shape index (κ1) is 6.55. The van der Waals surface area contributed by atoms with E-state index in [-0.39, 0.29) is 0 Å². The van der Waals surface area contributed by atoms with Gasteiger partial charge in [0, 0.05) is 13.1 Å². The lowest BCUT2D eigenvalue weighted by Crippen LogP contribution is -2.29. The number of piperidine rings is 1. The van der Waals surface area contributed by atoms with Crippen LogP contribution >= 0.6 is 0 Å². The van der Waals surface area contributed by atoms with Gasteiger partial charge in [-0.2, -0.15) is 0 Å². The molecular weight excluding hydrogens is 118 g/mol. The second-order valence-electron chi connectivity index (χ2n) is 2.16. The monoisotopic (exact) mass is 128 g/mol. The average molecular weight is 128 g/mol. The fourth-order valence-electron chi connectivity index (χ4n) is 1.01. The van der Waals surface area contributed by atoms with Gasteiger partial charge in [0.15, 0.2) is 0 Å². The van der Waals surface area contributed by atoms with Crippen LogP contribution in [-0.2, 0) is 9.63 Å². The molecule has 51 valence electrons. The molecule has 1 saturated heterocycles. The highest BCUT2D eigenvalue weighted by Crippen LogP contribution is 2.07. The zero-order chi connectivity index (χ0) is 6.53. The van der Waals surface area contributed by atoms with Crippen molar-refractivity contribution in [2.45, 2.75) is 19.3 Å². The molecule has 0 atom stereocenters. The van der Waals surface area contributed by atoms with Crippen molar-refractivity contribution >= 4 is 6.47 Å². The summed E-state index contributed by atoms with van der Waals surface area (Å²) in [5.41, 5.74) is 0. The van der Waals surface area contributed by atoms with Crippen LogP contribution in [0.25, 0.3) is 0 Å². The number of nitrogens with zero attached hydrogens (tertiary/aromatic N) is 1. The van der Waals surface area contributed by atoms with Crippen molar-refractivity contribution in [2.24, 2.45) is 0 Å². The molecule has 0 aromatic rings. The Morgan fingerprint density at radius 1 is 1.22 bits per heavy atom. The summed E-state index contributed by atoms with van der Waals surface area (Å²) in [6.07, 6.45) is 3.50. The quantitative estimate of drug-likeness (QED) is 0.541. The zero-order valence-corrected chi connectivity index (χ0v) is 5.30. The van der Waals surface area contributed by atoms with Crippen molar-refractivity contribution in [3.05, 3.63) is 0 Å². The molecule has 1 aliphatic rings. The molecule has 0 amide bonds. The zero-order valence-electron chi connectivity index (χ0n) is 5.30. The fourth-order valence-corrected chi connectivity index (χ4v) is 1.01. The van der Waals surface area contributed by atoms with Crippen LogP contribution in [0.5, 0.6) is 0 Å². The first-order valence-corrected chi connectivity index (χ1v) is 3.22. The summed E-state index contributed by atoms with van der Waals surface area (Å²) in [7, 11) is 0. The minimum atomic E-state index is 0.870. The van der Waals surface area contributed by atoms with E-state index in [2.05, 4.69) is 4.84 Å². The van der Waals surface area contributed by atoms with Crippen LogP contribution in [0.4, 0.5) is 0 Å². The Morgan fingerprint density at radius 3 is 2.44 bits per heavy atom. The van der Waals surface area contributed by atoms with Gasteiger partial charge in [-0.25, -0.2) is 4.79 Å². The molecular formula is C6H10NO2. The third kappa shape index (κ3) is 2.01. The lowest BCUT2D eigenvalue weighted by Gasteiger charge is -2.21. The highest BCUT2D eigenvalue weighted by molar-refractivity contribution is 5.37. The van der Waals surface area contributed by atoms with Crippen LogP contribution in [0.3, 0.4) is 0 Å². The molecule has 0 saturated carbocycles. The number of rotatable bonds is 2. The molecule has 0 unspecified atom stereocenters. The maximum absolute atomic E-state index is 9.68. The molecule has 1 fully saturated rings. The Morgan fingerprint density at radius 2 is 1.89 bits per heavy atom. The van der Waals surface area contributed by atoms with Crippen LogP contribution in [-0.4, -0.2) is 24.6 Å². The molecule has 0 bridgehead atoms. The molecule has 1 radical (unpaired) electrons. The summed E-state index contributed by atoms with van der Waals surface area (Å²) < 4.78 is 0. The normalized spacial score (nSPS) is 21.3. The van der Waals surface area contributed by atoms with Crippen molar-refractivity contribution in [2.75, 3.05) is 13.1 Å². The summed E-state index contributed by atoms with van der Waals surface area (Å²) in [5, 5.41) is 1.65. The summed E-state index contributed by atoms with van der Waals surface area (Å²) >= 11 is 0. The number of hydrogen-bond acceptors (Lipinski definition) is 3. The van der Waals surface area contributed by atoms with Crippen LogP contribution in [0.2, 0.25) is 0 Å². The molecule has 1 rings (SSSR count). The summed E-state index contributed by atoms with van der Waals surface area (Å²) in [6, 6.07) is 0. The van der Waals surface area contributed by atoms with Crippen LogP contribution in [0.1, 0.15) is 19.3 Å². The van der Waals surface area contributed by atoms with Crippen molar-refractivity contribution in [3.63, 3.8) is 0 Å². The van der Waals surface area contributed by atoms with E-state index >= 15 is 0 Å². The van der Waals surface area contributed by atoms with Gasteiger partial charge < -0.3 is 4.84 Å². The molecule has 0 N–H and O–H groups in total. The molecule has 0 aromatic heterocycles.